The van der Waals surface area contributed by atoms with Gasteiger partial charge in [0.05, 0.1) is 12.1 Å². The van der Waals surface area contributed by atoms with Crippen LogP contribution < -0.4 is 11.5 Å². The lowest BCUT2D eigenvalue weighted by Crippen LogP contribution is -2.23. The van der Waals surface area contributed by atoms with Gasteiger partial charge in [0, 0.05) is 5.56 Å². The lowest BCUT2D eigenvalue weighted by Gasteiger charge is -2.14. The van der Waals surface area contributed by atoms with Gasteiger partial charge in [-0.2, -0.15) is 0 Å². The predicted octanol–water partition coefficient (Wildman–Crippen LogP) is 0.166. The van der Waals surface area contributed by atoms with Crippen LogP contribution in [0.15, 0.2) is 24.3 Å². The van der Waals surface area contributed by atoms with E-state index in [2.05, 4.69) is 0 Å². The van der Waals surface area contributed by atoms with E-state index in [4.69, 9.17) is 11.5 Å². The molecule has 0 fully saturated rings. The molecule has 14 heavy (non-hydrogen) atoms. The van der Waals surface area contributed by atoms with E-state index in [-0.39, 0.29) is 0 Å². The number of nitrogens with two attached hydrogens (primary N) is 2. The van der Waals surface area contributed by atoms with Crippen molar-refractivity contribution in [3.63, 3.8) is 0 Å². The van der Waals surface area contributed by atoms with Gasteiger partial charge in [0.1, 0.15) is 0 Å². The molecule has 0 aromatic heterocycles. The molecular weight excluding hydrogens is 180 g/mol. The first-order valence-electron chi connectivity index (χ1n) is 4.36. The fourth-order valence-corrected chi connectivity index (χ4v) is 1.15. The van der Waals surface area contributed by atoms with Gasteiger partial charge >= 0.3 is 0 Å². The molecular formula is C10H14N2O2. The fraction of sp³-hybridized carbons (Fsp3) is 0.300. The van der Waals surface area contributed by atoms with E-state index < -0.39 is 18.1 Å². The van der Waals surface area contributed by atoms with Gasteiger partial charge in [-0.05, 0) is 24.6 Å². The summed E-state index contributed by atoms with van der Waals surface area (Å²) in [5.41, 5.74) is 12.0. The molecule has 5 N–H and O–H groups in total. The number of hydrogen-bond acceptors (Lipinski definition) is 3. The van der Waals surface area contributed by atoms with Crippen molar-refractivity contribution in [3.8, 4) is 0 Å². The van der Waals surface area contributed by atoms with Gasteiger partial charge in [-0.25, -0.2) is 0 Å². The average Bonchev–Trinajstić information content (AvgIpc) is 2.16. The van der Waals surface area contributed by atoms with Gasteiger partial charge in [0.15, 0.2) is 0 Å². The largest absolute Gasteiger partial charge is 0.391 e. The Morgan fingerprint density at radius 1 is 1.36 bits per heavy atom. The van der Waals surface area contributed by atoms with Crippen molar-refractivity contribution >= 4 is 5.91 Å². The smallest absolute Gasteiger partial charge is 0.248 e. The number of benzene rings is 1. The van der Waals surface area contributed by atoms with E-state index in [0.717, 1.165) is 5.56 Å². The predicted molar refractivity (Wildman–Crippen MR) is 53.6 cm³/mol. The maximum Gasteiger partial charge on any atom is 0.248 e. The van der Waals surface area contributed by atoms with Crippen LogP contribution in [0.1, 0.15) is 28.9 Å². The molecule has 2 atom stereocenters. The molecule has 4 heteroatoms. The summed E-state index contributed by atoms with van der Waals surface area (Å²) in [5.74, 6) is -0.470. The first-order valence-corrected chi connectivity index (χ1v) is 4.36. The van der Waals surface area contributed by atoms with Crippen molar-refractivity contribution in [1.29, 1.82) is 0 Å². The molecule has 0 saturated carbocycles. The van der Waals surface area contributed by atoms with E-state index in [0.29, 0.717) is 5.56 Å². The lowest BCUT2D eigenvalue weighted by atomic mass is 10.0. The molecule has 0 heterocycles. The third-order valence-electron chi connectivity index (χ3n) is 2.10. The zero-order valence-corrected chi connectivity index (χ0v) is 7.97. The zero-order chi connectivity index (χ0) is 10.7. The Bertz CT molecular complexity index is 319. The summed E-state index contributed by atoms with van der Waals surface area (Å²) >= 11 is 0. The highest BCUT2D eigenvalue weighted by molar-refractivity contribution is 5.92. The minimum Gasteiger partial charge on any atom is -0.391 e. The standard InChI is InChI=1S/C10H14N2O2/c1-6(13)9(11)7-2-4-8(5-3-7)10(12)14/h2-6,9,13H,11H2,1H3,(H2,12,14)/t6-,9-/m0/s1. The van der Waals surface area contributed by atoms with Crippen molar-refractivity contribution < 1.29 is 9.90 Å². The van der Waals surface area contributed by atoms with Gasteiger partial charge in [0.25, 0.3) is 0 Å². The number of aliphatic hydroxyl groups excluding tert-OH is 1. The average molecular weight is 194 g/mol. The highest BCUT2D eigenvalue weighted by atomic mass is 16.3. The first kappa shape index (κ1) is 10.7. The van der Waals surface area contributed by atoms with Crippen LogP contribution in [0.3, 0.4) is 0 Å². The molecule has 0 aliphatic rings. The summed E-state index contributed by atoms with van der Waals surface area (Å²) in [4.78, 5) is 10.8. The van der Waals surface area contributed by atoms with Crippen molar-refractivity contribution in [3.05, 3.63) is 35.4 Å². The molecule has 4 nitrogen and oxygen atoms in total. The molecule has 76 valence electrons. The summed E-state index contributed by atoms with van der Waals surface area (Å²) in [6, 6.07) is 6.14. The van der Waals surface area contributed by atoms with Crippen molar-refractivity contribution in [2.45, 2.75) is 19.1 Å². The molecule has 0 radical (unpaired) electrons. The summed E-state index contributed by atoms with van der Waals surface area (Å²) in [6.07, 6.45) is -0.616. The zero-order valence-electron chi connectivity index (χ0n) is 7.97. The Morgan fingerprint density at radius 2 is 1.86 bits per heavy atom. The SMILES string of the molecule is C[C@H](O)[C@H](N)c1ccc(C(N)=O)cc1. The van der Waals surface area contributed by atoms with E-state index >= 15 is 0 Å². The van der Waals surface area contributed by atoms with Gasteiger partial charge in [0.2, 0.25) is 5.91 Å². The number of hydrogen-bond donors (Lipinski definition) is 3. The van der Waals surface area contributed by atoms with E-state index in [9.17, 15) is 9.90 Å². The maximum absolute atomic E-state index is 10.8. The number of amides is 1. The van der Waals surface area contributed by atoms with Crippen molar-refractivity contribution in [1.82, 2.24) is 0 Å². The number of primary amides is 1. The summed E-state index contributed by atoms with van der Waals surface area (Å²) in [7, 11) is 0. The van der Waals surface area contributed by atoms with Crippen LogP contribution >= 0.6 is 0 Å². The summed E-state index contributed by atoms with van der Waals surface area (Å²) < 4.78 is 0. The highest BCUT2D eigenvalue weighted by Crippen LogP contribution is 2.14. The third kappa shape index (κ3) is 2.31. The minimum atomic E-state index is -0.616. The Balaban J connectivity index is 2.88. The number of rotatable bonds is 3. The van der Waals surface area contributed by atoms with E-state index in [1.54, 1.807) is 31.2 Å². The molecule has 1 amide bonds. The van der Waals surface area contributed by atoms with Gasteiger partial charge in [-0.3, -0.25) is 4.79 Å². The Kier molecular flexibility index (Phi) is 3.22. The van der Waals surface area contributed by atoms with Crippen LogP contribution in [0.25, 0.3) is 0 Å². The minimum absolute atomic E-state index is 0.433. The molecule has 1 aromatic carbocycles. The molecule has 0 aliphatic carbocycles. The molecule has 0 spiro atoms. The summed E-state index contributed by atoms with van der Waals surface area (Å²) in [6.45, 7) is 1.62. The molecule has 0 aliphatic heterocycles. The van der Waals surface area contributed by atoms with Crippen LogP contribution in [0.2, 0.25) is 0 Å². The topological polar surface area (TPSA) is 89.3 Å². The molecule has 0 saturated heterocycles. The molecule has 1 rings (SSSR count). The monoisotopic (exact) mass is 194 g/mol. The van der Waals surface area contributed by atoms with Crippen molar-refractivity contribution in [2.24, 2.45) is 11.5 Å². The fourth-order valence-electron chi connectivity index (χ4n) is 1.15. The van der Waals surface area contributed by atoms with E-state index in [1.165, 1.54) is 0 Å². The van der Waals surface area contributed by atoms with Crippen molar-refractivity contribution in [2.75, 3.05) is 0 Å². The van der Waals surface area contributed by atoms with Crippen LogP contribution in [-0.2, 0) is 0 Å². The second kappa shape index (κ2) is 4.21. The second-order valence-corrected chi connectivity index (χ2v) is 3.25. The van der Waals surface area contributed by atoms with Crippen LogP contribution in [0.5, 0.6) is 0 Å². The second-order valence-electron chi connectivity index (χ2n) is 3.25. The van der Waals surface area contributed by atoms with Crippen LogP contribution in [0.4, 0.5) is 0 Å². The number of carbonyl (C=O) groups excluding carboxylic acids is 1. The van der Waals surface area contributed by atoms with Crippen LogP contribution in [0, 0.1) is 0 Å². The van der Waals surface area contributed by atoms with Crippen LogP contribution in [-0.4, -0.2) is 17.1 Å². The molecule has 1 aromatic rings. The quantitative estimate of drug-likeness (QED) is 0.640. The maximum atomic E-state index is 10.8. The Morgan fingerprint density at radius 3 is 2.21 bits per heavy atom. The molecule has 0 unspecified atom stereocenters. The first-order chi connectivity index (χ1) is 6.52. The third-order valence-corrected chi connectivity index (χ3v) is 2.10. The van der Waals surface area contributed by atoms with E-state index in [1.807, 2.05) is 0 Å². The number of carbonyl (C=O) groups is 1. The van der Waals surface area contributed by atoms with Gasteiger partial charge < -0.3 is 16.6 Å². The number of aliphatic hydroxyl groups is 1. The lowest BCUT2D eigenvalue weighted by molar-refractivity contribution is 0.100. The Labute approximate surface area is 82.5 Å². The highest BCUT2D eigenvalue weighted by Gasteiger charge is 2.11. The molecule has 0 bridgehead atoms. The van der Waals surface area contributed by atoms with Gasteiger partial charge in [-0.1, -0.05) is 12.1 Å². The Hall–Kier alpha value is -1.39. The van der Waals surface area contributed by atoms with Gasteiger partial charge in [-0.15, -0.1) is 0 Å². The normalized spacial score (nSPS) is 14.8. The summed E-state index contributed by atoms with van der Waals surface area (Å²) in [5, 5.41) is 9.24.